The van der Waals surface area contributed by atoms with E-state index < -0.39 is 16.1 Å². The van der Waals surface area contributed by atoms with Crippen LogP contribution in [0, 0.1) is 0 Å². The SMILES string of the molecule is CCn1c(OC)nnc1[C@@H](C)NS(=O)(=O)c1cc(Br)c(Br)s1. The Labute approximate surface area is 149 Å². The molecule has 122 valence electrons. The monoisotopic (exact) mass is 472 g/mol. The van der Waals surface area contributed by atoms with Crippen LogP contribution >= 0.6 is 43.2 Å². The van der Waals surface area contributed by atoms with Crippen molar-refractivity contribution in [1.82, 2.24) is 19.5 Å². The van der Waals surface area contributed by atoms with Gasteiger partial charge in [-0.2, -0.15) is 4.72 Å². The highest BCUT2D eigenvalue weighted by atomic mass is 79.9. The molecular weight excluding hydrogens is 460 g/mol. The maximum atomic E-state index is 12.4. The van der Waals surface area contributed by atoms with Crippen LogP contribution in [-0.4, -0.2) is 30.3 Å². The normalized spacial score (nSPS) is 13.3. The highest BCUT2D eigenvalue weighted by molar-refractivity contribution is 9.13. The van der Waals surface area contributed by atoms with Gasteiger partial charge in [-0.05, 0) is 51.8 Å². The van der Waals surface area contributed by atoms with Crippen LogP contribution < -0.4 is 9.46 Å². The number of thiophene rings is 1. The second-order valence-electron chi connectivity index (χ2n) is 4.32. The first-order valence-corrected chi connectivity index (χ1v) is 10.1. The van der Waals surface area contributed by atoms with E-state index in [0.29, 0.717) is 22.9 Å². The molecule has 7 nitrogen and oxygen atoms in total. The minimum Gasteiger partial charge on any atom is -0.467 e. The summed E-state index contributed by atoms with van der Waals surface area (Å²) in [6.07, 6.45) is 0. The average molecular weight is 474 g/mol. The van der Waals surface area contributed by atoms with E-state index in [1.54, 1.807) is 17.6 Å². The van der Waals surface area contributed by atoms with Gasteiger partial charge in [0.2, 0.25) is 0 Å². The molecule has 0 aliphatic carbocycles. The molecule has 0 aliphatic heterocycles. The van der Waals surface area contributed by atoms with Crippen LogP contribution in [0.5, 0.6) is 6.01 Å². The zero-order valence-corrected chi connectivity index (χ0v) is 16.8. The summed E-state index contributed by atoms with van der Waals surface area (Å²) in [7, 11) is -2.15. The van der Waals surface area contributed by atoms with Crippen molar-refractivity contribution < 1.29 is 13.2 Å². The van der Waals surface area contributed by atoms with E-state index in [2.05, 4.69) is 46.8 Å². The van der Waals surface area contributed by atoms with E-state index >= 15 is 0 Å². The van der Waals surface area contributed by atoms with Crippen molar-refractivity contribution in [2.45, 2.75) is 30.6 Å². The number of hydrogen-bond donors (Lipinski definition) is 1. The molecule has 0 fully saturated rings. The fourth-order valence-corrected chi connectivity index (χ4v) is 5.91. The van der Waals surface area contributed by atoms with E-state index in [0.717, 1.165) is 15.1 Å². The van der Waals surface area contributed by atoms with Gasteiger partial charge in [-0.1, -0.05) is 5.10 Å². The third-order valence-electron chi connectivity index (χ3n) is 2.85. The molecule has 0 bridgehead atoms. The first-order chi connectivity index (χ1) is 10.3. The van der Waals surface area contributed by atoms with E-state index in [-0.39, 0.29) is 4.21 Å². The summed E-state index contributed by atoms with van der Waals surface area (Å²) in [5.74, 6) is 0.498. The fourth-order valence-electron chi connectivity index (χ4n) is 1.87. The number of hydrogen-bond acceptors (Lipinski definition) is 6. The van der Waals surface area contributed by atoms with Crippen molar-refractivity contribution in [3.8, 4) is 6.01 Å². The van der Waals surface area contributed by atoms with Gasteiger partial charge in [0.15, 0.2) is 5.82 Å². The molecule has 11 heteroatoms. The first kappa shape index (κ1) is 17.9. The maximum Gasteiger partial charge on any atom is 0.316 e. The van der Waals surface area contributed by atoms with Crippen molar-refractivity contribution in [3.63, 3.8) is 0 Å². The Morgan fingerprint density at radius 2 is 2.14 bits per heavy atom. The van der Waals surface area contributed by atoms with Gasteiger partial charge in [0.05, 0.1) is 16.9 Å². The van der Waals surface area contributed by atoms with Crippen LogP contribution in [0.2, 0.25) is 0 Å². The number of ether oxygens (including phenoxy) is 1. The Morgan fingerprint density at radius 3 is 2.64 bits per heavy atom. The molecule has 2 heterocycles. The van der Waals surface area contributed by atoms with Crippen LogP contribution in [0.3, 0.4) is 0 Å². The lowest BCUT2D eigenvalue weighted by Crippen LogP contribution is -2.28. The number of sulfonamides is 1. The highest BCUT2D eigenvalue weighted by Gasteiger charge is 2.25. The Kier molecular flexibility index (Phi) is 5.64. The molecule has 0 spiro atoms. The second-order valence-corrected chi connectivity index (χ2v) is 9.48. The van der Waals surface area contributed by atoms with Crippen molar-refractivity contribution in [2.24, 2.45) is 0 Å². The quantitative estimate of drug-likeness (QED) is 0.696. The molecule has 22 heavy (non-hydrogen) atoms. The molecule has 0 saturated carbocycles. The third-order valence-corrected chi connectivity index (χ3v) is 8.12. The van der Waals surface area contributed by atoms with E-state index in [1.165, 1.54) is 7.11 Å². The van der Waals surface area contributed by atoms with Crippen LogP contribution in [0.25, 0.3) is 0 Å². The molecule has 2 aromatic rings. The van der Waals surface area contributed by atoms with Gasteiger partial charge in [0, 0.05) is 11.0 Å². The Balaban J connectivity index is 2.28. The highest BCUT2D eigenvalue weighted by Crippen LogP contribution is 2.35. The Morgan fingerprint density at radius 1 is 1.45 bits per heavy atom. The molecule has 0 saturated heterocycles. The largest absolute Gasteiger partial charge is 0.467 e. The predicted molar refractivity (Wildman–Crippen MR) is 90.7 cm³/mol. The molecule has 1 atom stereocenters. The number of nitrogens with one attached hydrogen (secondary N) is 1. The summed E-state index contributed by atoms with van der Waals surface area (Å²) in [6.45, 7) is 4.20. The number of methoxy groups -OCH3 is 1. The molecule has 0 aliphatic rings. The van der Waals surface area contributed by atoms with Gasteiger partial charge in [0.1, 0.15) is 4.21 Å². The lowest BCUT2D eigenvalue weighted by Gasteiger charge is -2.14. The summed E-state index contributed by atoms with van der Waals surface area (Å²) in [5, 5.41) is 7.90. The van der Waals surface area contributed by atoms with Crippen molar-refractivity contribution in [2.75, 3.05) is 7.11 Å². The molecule has 0 radical (unpaired) electrons. The predicted octanol–water partition coefficient (Wildman–Crippen LogP) is 2.93. The van der Waals surface area contributed by atoms with Gasteiger partial charge < -0.3 is 4.74 Å². The molecule has 0 amide bonds. The lowest BCUT2D eigenvalue weighted by molar-refractivity contribution is 0.354. The molecule has 2 aromatic heterocycles. The zero-order valence-electron chi connectivity index (χ0n) is 12.0. The fraction of sp³-hybridized carbons (Fsp3) is 0.455. The summed E-state index contributed by atoms with van der Waals surface area (Å²) in [6, 6.07) is 1.36. The lowest BCUT2D eigenvalue weighted by atomic mass is 10.3. The van der Waals surface area contributed by atoms with Gasteiger partial charge in [-0.15, -0.1) is 16.4 Å². The molecule has 1 N–H and O–H groups in total. The minimum atomic E-state index is -3.65. The first-order valence-electron chi connectivity index (χ1n) is 6.24. The van der Waals surface area contributed by atoms with Gasteiger partial charge in [0.25, 0.3) is 10.0 Å². The molecule has 0 unspecified atom stereocenters. The minimum absolute atomic E-state index is 0.215. The summed E-state index contributed by atoms with van der Waals surface area (Å²) in [5.41, 5.74) is 0. The van der Waals surface area contributed by atoms with Crippen molar-refractivity contribution >= 4 is 53.2 Å². The van der Waals surface area contributed by atoms with E-state index in [9.17, 15) is 8.42 Å². The van der Waals surface area contributed by atoms with E-state index in [1.807, 2.05) is 6.92 Å². The zero-order chi connectivity index (χ0) is 16.5. The Bertz CT molecular complexity index is 753. The smallest absolute Gasteiger partial charge is 0.316 e. The summed E-state index contributed by atoms with van der Waals surface area (Å²) < 4.78 is 35.9. The number of nitrogens with zero attached hydrogens (tertiary/aromatic N) is 3. The van der Waals surface area contributed by atoms with Crippen LogP contribution in [0.15, 0.2) is 18.5 Å². The third kappa shape index (κ3) is 3.53. The maximum absolute atomic E-state index is 12.4. The molecule has 0 aromatic carbocycles. The number of aromatic nitrogens is 3. The average Bonchev–Trinajstić information content (AvgIpc) is 3.02. The topological polar surface area (TPSA) is 86.1 Å². The van der Waals surface area contributed by atoms with Crippen LogP contribution in [0.4, 0.5) is 0 Å². The van der Waals surface area contributed by atoms with Crippen LogP contribution in [0.1, 0.15) is 25.7 Å². The molecule has 2 rings (SSSR count). The van der Waals surface area contributed by atoms with Gasteiger partial charge in [-0.3, -0.25) is 4.57 Å². The van der Waals surface area contributed by atoms with Gasteiger partial charge in [-0.25, -0.2) is 8.42 Å². The summed E-state index contributed by atoms with van der Waals surface area (Å²) >= 11 is 7.71. The van der Waals surface area contributed by atoms with Crippen molar-refractivity contribution in [1.29, 1.82) is 0 Å². The standard InChI is InChI=1S/C11H14Br2N4O3S2/c1-4-17-10(14-15-11(17)20-3)6(2)16-22(18,19)8-5-7(12)9(13)21-8/h5-6,16H,4H2,1-3H3/t6-/m1/s1. The Hall–Kier alpha value is -0.490. The number of rotatable bonds is 6. The number of halogens is 2. The van der Waals surface area contributed by atoms with Gasteiger partial charge >= 0.3 is 6.01 Å². The summed E-state index contributed by atoms with van der Waals surface area (Å²) in [4.78, 5) is 0. The van der Waals surface area contributed by atoms with Crippen LogP contribution in [-0.2, 0) is 16.6 Å². The molecular formula is C11H14Br2N4O3S2. The van der Waals surface area contributed by atoms with Crippen molar-refractivity contribution in [3.05, 3.63) is 20.1 Å². The second kappa shape index (κ2) is 6.95. The van der Waals surface area contributed by atoms with E-state index in [4.69, 9.17) is 4.74 Å².